The summed E-state index contributed by atoms with van der Waals surface area (Å²) in [5.41, 5.74) is 38.3. The molecule has 0 saturated carbocycles. The van der Waals surface area contributed by atoms with Crippen LogP contribution in [0.4, 0.5) is 0 Å². The van der Waals surface area contributed by atoms with E-state index in [1.807, 2.05) is 22.7 Å². The van der Waals surface area contributed by atoms with E-state index in [2.05, 4.69) is 519 Å². The minimum Gasteiger partial charge on any atom is -0.309 e. The van der Waals surface area contributed by atoms with Crippen molar-refractivity contribution in [3.63, 3.8) is 0 Å². The predicted octanol–water partition coefficient (Wildman–Crippen LogP) is 36.4. The lowest BCUT2D eigenvalue weighted by molar-refractivity contribution is 0.660. The fourth-order valence-electron chi connectivity index (χ4n) is 21.1. The molecule has 5 heterocycles. The van der Waals surface area contributed by atoms with Gasteiger partial charge in [0.15, 0.2) is 0 Å². The van der Waals surface area contributed by atoms with Crippen LogP contribution >= 0.6 is 22.7 Å². The lowest BCUT2D eigenvalue weighted by Crippen LogP contribution is -2.14. The molecular weight excluding hydrogens is 1660 g/mol. The first-order valence-electron chi connectivity index (χ1n) is 46.1. The Morgan fingerprint density at radius 2 is 0.478 bits per heavy atom. The molecule has 0 aliphatic heterocycles. The van der Waals surface area contributed by atoms with E-state index in [-0.39, 0.29) is 5.41 Å². The second-order valence-corrected chi connectivity index (χ2v) is 37.9. The van der Waals surface area contributed by atoms with Crippen LogP contribution in [0.25, 0.3) is 234 Å². The van der Waals surface area contributed by atoms with Gasteiger partial charge in [-0.1, -0.05) is 378 Å². The van der Waals surface area contributed by atoms with Gasteiger partial charge in [0.1, 0.15) is 0 Å². The van der Waals surface area contributed by atoms with E-state index in [9.17, 15) is 0 Å². The van der Waals surface area contributed by atoms with Crippen LogP contribution in [0.5, 0.6) is 0 Å². The number of hydrogen-bond acceptors (Lipinski definition) is 2. The molecule has 134 heavy (non-hydrogen) atoms. The number of para-hydroxylation sites is 3. The van der Waals surface area contributed by atoms with Gasteiger partial charge in [0, 0.05) is 95.1 Å². The number of aromatic nitrogens is 3. The minimum absolute atomic E-state index is 0.00106. The number of rotatable bonds is 12. The molecule has 0 amide bonds. The Bertz CT molecular complexity index is 8960. The molecule has 1 aliphatic rings. The van der Waals surface area contributed by atoms with E-state index in [4.69, 9.17) is 0 Å². The van der Waals surface area contributed by atoms with E-state index >= 15 is 0 Å². The predicted molar refractivity (Wildman–Crippen MR) is 575 cm³/mol. The highest BCUT2D eigenvalue weighted by molar-refractivity contribution is 7.26. The molecule has 5 heteroatoms. The smallest absolute Gasteiger partial charge is 0.0547 e. The van der Waals surface area contributed by atoms with Gasteiger partial charge in [-0.25, -0.2) is 0 Å². The monoisotopic (exact) mass is 1740 g/mol. The maximum absolute atomic E-state index is 2.46. The Hall–Kier alpha value is -16.5. The molecule has 5 aromatic heterocycles. The molecule has 0 bridgehead atoms. The molecule has 0 unspecified atom stereocenters. The molecular formula is C129H87N3S2. The van der Waals surface area contributed by atoms with Gasteiger partial charge in [-0.05, 0) is 250 Å². The molecule has 21 aromatic carbocycles. The van der Waals surface area contributed by atoms with E-state index in [1.54, 1.807) is 0 Å². The van der Waals surface area contributed by atoms with Gasteiger partial charge in [-0.15, -0.1) is 22.7 Å². The first-order chi connectivity index (χ1) is 66.2. The summed E-state index contributed by atoms with van der Waals surface area (Å²) >= 11 is 3.75. The van der Waals surface area contributed by atoms with Crippen molar-refractivity contribution in [1.82, 2.24) is 13.7 Å². The van der Waals surface area contributed by atoms with Gasteiger partial charge < -0.3 is 13.7 Å². The lowest BCUT2D eigenvalue weighted by Gasteiger charge is -2.21. The maximum atomic E-state index is 2.46. The molecule has 0 saturated heterocycles. The van der Waals surface area contributed by atoms with E-state index < -0.39 is 0 Å². The second kappa shape index (κ2) is 33.1. The average molecular weight is 1740 g/mol. The van der Waals surface area contributed by atoms with Crippen molar-refractivity contribution >= 4 is 128 Å². The van der Waals surface area contributed by atoms with Crippen LogP contribution in [-0.4, -0.2) is 13.7 Å². The number of hydrogen-bond donors (Lipinski definition) is 0. The van der Waals surface area contributed by atoms with Crippen molar-refractivity contribution in [3.05, 3.63) is 503 Å². The van der Waals surface area contributed by atoms with Crippen LogP contribution in [0.2, 0.25) is 0 Å². The van der Waals surface area contributed by atoms with Crippen molar-refractivity contribution in [1.29, 1.82) is 0 Å². The fourth-order valence-corrected chi connectivity index (χ4v) is 23.4. The number of thiophene rings is 2. The zero-order valence-electron chi connectivity index (χ0n) is 73.9. The first-order valence-corrected chi connectivity index (χ1v) is 47.8. The highest BCUT2D eigenvalue weighted by Gasteiger charge is 2.35. The number of fused-ring (bicyclic) bond motifs is 18. The SMILES string of the molecule is CC1(C)c2ccccc2-c2cc(-c3ccc4c5ccccc5n(-c5cc(-c6ccccc6)cc(-c6ccccc6)c5)c4c3)ccc21.c1ccc(-c2cc(-c3ccccc3)cc(-n3c4ccccc4c4ccc(-c5ccc6sc7ccccc7c6c5)cc43)c2)cc1.c1ccc(-c2cccc(-c3cccc(-n4c5ccccc5c5cc(-c6cccc7c6sc6ccccc67)ccc54)c3)c2)cc1. The Morgan fingerprint density at radius 3 is 1.03 bits per heavy atom. The highest BCUT2D eigenvalue weighted by Crippen LogP contribution is 2.52. The number of nitrogens with zero attached hydrogens (tertiary/aromatic N) is 3. The van der Waals surface area contributed by atoms with E-state index in [0.717, 1.165) is 17.1 Å². The standard InChI is InChI=1S/C45H33N.2C42H27NS/c1-45(2)41-19-11-9-17-37(41)40-28-32(22-24-42(40)45)33-21-23-39-38-18-10-12-20-43(38)46(44(39)29-33)36-26-34(30-13-5-3-6-14-30)25-35(27-36)31-15-7-4-8-16-31;1-3-11-28(12-4-1)32-23-33(29-13-5-2-6-14-29)25-34(24-32)43-39-17-9-7-15-35(39)36-21-19-31(27-40(36)43)30-20-22-42-38(26-30)37-16-8-10-18-41(37)44-42;1-2-11-28(12-3-1)29-13-8-14-30(25-29)31-15-9-16-33(26-31)43-39-21-6-4-17-35(39)38-27-32(23-24-40(38)43)34-19-10-20-37-36-18-5-7-22-41(36)44-42(34)37/h3-29H,1-2H3;2*1-27H. The molecule has 0 fully saturated rings. The normalized spacial score (nSPS) is 12.2. The maximum Gasteiger partial charge on any atom is 0.0547 e. The molecule has 0 N–H and O–H groups in total. The largest absolute Gasteiger partial charge is 0.309 e. The van der Waals surface area contributed by atoms with Crippen LogP contribution in [0.3, 0.4) is 0 Å². The van der Waals surface area contributed by atoms with Crippen LogP contribution < -0.4 is 0 Å². The molecule has 1 aliphatic carbocycles. The number of benzene rings is 21. The van der Waals surface area contributed by atoms with Gasteiger partial charge in [-0.2, -0.15) is 0 Å². The van der Waals surface area contributed by atoms with Crippen molar-refractivity contribution in [3.8, 4) is 128 Å². The quantitative estimate of drug-likeness (QED) is 0.116. The third-order valence-electron chi connectivity index (χ3n) is 27.6. The summed E-state index contributed by atoms with van der Waals surface area (Å²) in [6.45, 7) is 4.68. The van der Waals surface area contributed by atoms with Gasteiger partial charge in [-0.3, -0.25) is 0 Å². The van der Waals surface area contributed by atoms with Crippen molar-refractivity contribution in [2.75, 3.05) is 0 Å². The molecule has 0 radical (unpaired) electrons. The third-order valence-corrected chi connectivity index (χ3v) is 29.9. The van der Waals surface area contributed by atoms with Crippen molar-refractivity contribution in [2.45, 2.75) is 19.3 Å². The summed E-state index contributed by atoms with van der Waals surface area (Å²) in [5, 5.41) is 12.9. The van der Waals surface area contributed by atoms with Crippen LogP contribution in [0.15, 0.2) is 491 Å². The lowest BCUT2D eigenvalue weighted by atomic mass is 9.82. The fraction of sp³-hybridized carbons (Fsp3) is 0.0233. The summed E-state index contributed by atoms with van der Waals surface area (Å²) in [7, 11) is 0. The summed E-state index contributed by atoms with van der Waals surface area (Å²) in [4.78, 5) is 0. The Balaban J connectivity index is 0.000000108. The zero-order valence-corrected chi connectivity index (χ0v) is 75.6. The Morgan fingerprint density at radius 1 is 0.157 bits per heavy atom. The summed E-state index contributed by atoms with van der Waals surface area (Å²) in [6.07, 6.45) is 0. The van der Waals surface area contributed by atoms with Crippen molar-refractivity contribution < 1.29 is 0 Å². The third kappa shape index (κ3) is 14.0. The molecule has 3 nitrogen and oxygen atoms in total. The van der Waals surface area contributed by atoms with Gasteiger partial charge in [0.05, 0.1) is 33.1 Å². The van der Waals surface area contributed by atoms with Crippen LogP contribution in [-0.2, 0) is 5.41 Å². The average Bonchev–Trinajstić information content (AvgIpc) is 1.59. The second-order valence-electron chi connectivity index (χ2n) is 35.8. The summed E-state index contributed by atoms with van der Waals surface area (Å²) < 4.78 is 12.7. The Labute approximate surface area is 786 Å². The van der Waals surface area contributed by atoms with Gasteiger partial charge >= 0.3 is 0 Å². The summed E-state index contributed by atoms with van der Waals surface area (Å²) in [6, 6.07) is 180. The highest BCUT2D eigenvalue weighted by atomic mass is 32.1. The van der Waals surface area contributed by atoms with E-state index in [0.29, 0.717) is 0 Å². The Kier molecular flexibility index (Phi) is 19.7. The van der Waals surface area contributed by atoms with Crippen molar-refractivity contribution in [2.24, 2.45) is 0 Å². The molecule has 27 rings (SSSR count). The summed E-state index contributed by atoms with van der Waals surface area (Å²) in [5.74, 6) is 0. The van der Waals surface area contributed by atoms with Crippen LogP contribution in [0.1, 0.15) is 25.0 Å². The minimum atomic E-state index is 0.00106. The molecule has 0 atom stereocenters. The van der Waals surface area contributed by atoms with Crippen LogP contribution in [0, 0.1) is 0 Å². The molecule has 0 spiro atoms. The topological polar surface area (TPSA) is 14.8 Å². The van der Waals surface area contributed by atoms with Gasteiger partial charge in [0.25, 0.3) is 0 Å². The molecule has 630 valence electrons. The molecule has 26 aromatic rings. The van der Waals surface area contributed by atoms with Gasteiger partial charge in [0.2, 0.25) is 0 Å². The first kappa shape index (κ1) is 79.6. The van der Waals surface area contributed by atoms with E-state index in [1.165, 1.54) is 228 Å². The zero-order chi connectivity index (χ0) is 88.9.